The van der Waals surface area contributed by atoms with E-state index in [-0.39, 0.29) is 0 Å². The van der Waals surface area contributed by atoms with Crippen molar-refractivity contribution in [2.75, 3.05) is 0 Å². The Morgan fingerprint density at radius 2 is 1.80 bits per heavy atom. The van der Waals surface area contributed by atoms with Crippen LogP contribution in [-0.2, 0) is 6.54 Å². The van der Waals surface area contributed by atoms with E-state index >= 15 is 0 Å². The summed E-state index contributed by atoms with van der Waals surface area (Å²) in [5.74, 6) is 0. The van der Waals surface area contributed by atoms with Gasteiger partial charge in [-0.3, -0.25) is 9.88 Å². The molecule has 0 aliphatic carbocycles. The third-order valence-electron chi connectivity index (χ3n) is 5.73. The highest BCUT2D eigenvalue weighted by atomic mass is 15.2. The second kappa shape index (κ2) is 6.12. The Hall–Kier alpha value is -2.45. The molecule has 124 valence electrons. The Balaban J connectivity index is 1.48. The van der Waals surface area contributed by atoms with Crippen LogP contribution < -0.4 is 0 Å². The van der Waals surface area contributed by atoms with Crippen LogP contribution >= 0.6 is 0 Å². The molecule has 0 saturated carbocycles. The van der Waals surface area contributed by atoms with Crippen LogP contribution in [0, 0.1) is 0 Å². The highest BCUT2D eigenvalue weighted by molar-refractivity contribution is 5.91. The van der Waals surface area contributed by atoms with E-state index in [1.807, 2.05) is 12.3 Å². The minimum atomic E-state index is 0.563. The Morgan fingerprint density at radius 3 is 2.68 bits per heavy atom. The molecule has 0 N–H and O–H groups in total. The van der Waals surface area contributed by atoms with Crippen LogP contribution in [0.3, 0.4) is 0 Å². The molecule has 2 aliphatic heterocycles. The van der Waals surface area contributed by atoms with Crippen molar-refractivity contribution < 1.29 is 0 Å². The van der Waals surface area contributed by atoms with Gasteiger partial charge in [0.05, 0.1) is 5.52 Å². The zero-order chi connectivity index (χ0) is 16.6. The molecule has 2 heteroatoms. The van der Waals surface area contributed by atoms with Gasteiger partial charge in [0.1, 0.15) is 0 Å². The molecule has 2 aromatic carbocycles. The number of aromatic nitrogens is 1. The molecule has 1 saturated heterocycles. The lowest BCUT2D eigenvalue weighted by molar-refractivity contribution is 0.203. The van der Waals surface area contributed by atoms with E-state index in [2.05, 4.69) is 70.6 Å². The van der Waals surface area contributed by atoms with Crippen molar-refractivity contribution in [1.82, 2.24) is 9.88 Å². The van der Waals surface area contributed by atoms with E-state index in [0.29, 0.717) is 12.1 Å². The second-order valence-corrected chi connectivity index (χ2v) is 7.23. The fraction of sp³-hybridized carbons (Fsp3) is 0.261. The average Bonchev–Trinajstić information content (AvgIpc) is 2.90. The lowest BCUT2D eigenvalue weighted by Gasteiger charge is -2.34. The van der Waals surface area contributed by atoms with E-state index < -0.39 is 0 Å². The lowest BCUT2D eigenvalue weighted by atomic mass is 9.92. The molecule has 1 aromatic heterocycles. The highest BCUT2D eigenvalue weighted by Gasteiger charge is 2.36. The Morgan fingerprint density at radius 1 is 0.920 bits per heavy atom. The number of hydrogen-bond donors (Lipinski definition) is 0. The smallest absolute Gasteiger partial charge is 0.0776 e. The lowest BCUT2D eigenvalue weighted by Crippen LogP contribution is -2.37. The Kier molecular flexibility index (Phi) is 3.64. The third-order valence-corrected chi connectivity index (χ3v) is 5.73. The fourth-order valence-corrected chi connectivity index (χ4v) is 4.52. The molecule has 2 nitrogen and oxygen atoms in total. The molecule has 0 spiro atoms. The molecule has 2 unspecified atom stereocenters. The van der Waals surface area contributed by atoms with Gasteiger partial charge in [-0.15, -0.1) is 0 Å². The normalized spacial score (nSPS) is 23.0. The van der Waals surface area contributed by atoms with Gasteiger partial charge in [0.2, 0.25) is 0 Å². The molecule has 1 fully saturated rings. The van der Waals surface area contributed by atoms with Crippen molar-refractivity contribution in [3.8, 4) is 0 Å². The number of para-hydroxylation sites is 1. The summed E-state index contributed by atoms with van der Waals surface area (Å²) in [6, 6.07) is 22.8. The first-order chi connectivity index (χ1) is 12.4. The summed E-state index contributed by atoms with van der Waals surface area (Å²) < 4.78 is 0. The standard InChI is InChI=1S/C23H22N2/c1-2-6-17(7-3-1)16-25-20-11-12-21(25)15-19(14-20)22-10-4-8-18-9-5-13-24-23(18)22/h1-10,13-14,20-21H,11-12,15-16H2. The first-order valence-corrected chi connectivity index (χ1v) is 9.23. The van der Waals surface area contributed by atoms with Gasteiger partial charge >= 0.3 is 0 Å². The van der Waals surface area contributed by atoms with Crippen molar-refractivity contribution in [2.45, 2.75) is 37.9 Å². The highest BCUT2D eigenvalue weighted by Crippen LogP contribution is 2.40. The molecule has 2 atom stereocenters. The van der Waals surface area contributed by atoms with E-state index in [1.54, 1.807) is 0 Å². The van der Waals surface area contributed by atoms with E-state index in [0.717, 1.165) is 18.5 Å². The second-order valence-electron chi connectivity index (χ2n) is 7.23. The summed E-state index contributed by atoms with van der Waals surface area (Å²) in [5, 5.41) is 1.24. The van der Waals surface area contributed by atoms with Gasteiger partial charge in [0.15, 0.2) is 0 Å². The van der Waals surface area contributed by atoms with Gasteiger partial charge in [-0.05, 0) is 36.5 Å². The molecule has 2 bridgehead atoms. The molecular formula is C23H22N2. The van der Waals surface area contributed by atoms with Crippen molar-refractivity contribution in [3.05, 3.63) is 84.1 Å². The Bertz CT molecular complexity index is 924. The quantitative estimate of drug-likeness (QED) is 0.669. The first-order valence-electron chi connectivity index (χ1n) is 9.23. The molecule has 5 rings (SSSR count). The van der Waals surface area contributed by atoms with Crippen LogP contribution in [0.4, 0.5) is 0 Å². The first kappa shape index (κ1) is 14.9. The zero-order valence-electron chi connectivity index (χ0n) is 14.3. The van der Waals surface area contributed by atoms with Gasteiger partial charge in [-0.1, -0.05) is 60.7 Å². The summed E-state index contributed by atoms with van der Waals surface area (Å²) in [4.78, 5) is 7.35. The summed E-state index contributed by atoms with van der Waals surface area (Å²) in [5.41, 5.74) is 5.38. The summed E-state index contributed by atoms with van der Waals surface area (Å²) in [7, 11) is 0. The molecule has 3 heterocycles. The van der Waals surface area contributed by atoms with Crippen LogP contribution in [0.15, 0.2) is 72.9 Å². The number of nitrogens with zero attached hydrogens (tertiary/aromatic N) is 2. The van der Waals surface area contributed by atoms with Crippen molar-refractivity contribution >= 4 is 16.5 Å². The average molecular weight is 326 g/mol. The van der Waals surface area contributed by atoms with Crippen molar-refractivity contribution in [2.24, 2.45) is 0 Å². The van der Waals surface area contributed by atoms with Gasteiger partial charge in [-0.25, -0.2) is 0 Å². The molecule has 25 heavy (non-hydrogen) atoms. The van der Waals surface area contributed by atoms with Crippen LogP contribution in [0.5, 0.6) is 0 Å². The number of pyridine rings is 1. The predicted octanol–water partition coefficient (Wildman–Crippen LogP) is 5.06. The Labute approximate surface area is 148 Å². The molecule has 3 aromatic rings. The van der Waals surface area contributed by atoms with Crippen molar-refractivity contribution in [1.29, 1.82) is 0 Å². The van der Waals surface area contributed by atoms with E-state index in [1.165, 1.54) is 34.9 Å². The number of benzene rings is 2. The predicted molar refractivity (Wildman–Crippen MR) is 103 cm³/mol. The largest absolute Gasteiger partial charge is 0.289 e. The summed E-state index contributed by atoms with van der Waals surface area (Å²) in [6.45, 7) is 1.06. The third kappa shape index (κ3) is 2.67. The maximum absolute atomic E-state index is 4.66. The molecule has 2 aliphatic rings. The number of hydrogen-bond acceptors (Lipinski definition) is 2. The zero-order valence-corrected chi connectivity index (χ0v) is 14.3. The minimum Gasteiger partial charge on any atom is -0.289 e. The van der Waals surface area contributed by atoms with Crippen LogP contribution in [0.25, 0.3) is 16.5 Å². The summed E-state index contributed by atoms with van der Waals surface area (Å²) >= 11 is 0. The number of fused-ring (bicyclic) bond motifs is 3. The van der Waals surface area contributed by atoms with Crippen LogP contribution in [0.2, 0.25) is 0 Å². The number of rotatable bonds is 3. The molecule has 0 radical (unpaired) electrons. The topological polar surface area (TPSA) is 16.1 Å². The maximum Gasteiger partial charge on any atom is 0.0776 e. The summed E-state index contributed by atoms with van der Waals surface area (Å²) in [6.07, 6.45) is 8.13. The fourth-order valence-electron chi connectivity index (χ4n) is 4.52. The monoisotopic (exact) mass is 326 g/mol. The maximum atomic E-state index is 4.66. The van der Waals surface area contributed by atoms with Crippen LogP contribution in [0.1, 0.15) is 30.4 Å². The van der Waals surface area contributed by atoms with E-state index in [9.17, 15) is 0 Å². The van der Waals surface area contributed by atoms with Gasteiger partial charge in [0, 0.05) is 35.8 Å². The van der Waals surface area contributed by atoms with Crippen molar-refractivity contribution in [3.63, 3.8) is 0 Å². The van der Waals surface area contributed by atoms with Gasteiger partial charge in [-0.2, -0.15) is 0 Å². The van der Waals surface area contributed by atoms with Gasteiger partial charge < -0.3 is 0 Å². The SMILES string of the molecule is C1=C(c2cccc3cccnc23)CC2CCC1N2Cc1ccccc1. The molecular weight excluding hydrogens is 304 g/mol. The minimum absolute atomic E-state index is 0.563. The molecule has 0 amide bonds. The van der Waals surface area contributed by atoms with Crippen LogP contribution in [-0.4, -0.2) is 22.0 Å². The van der Waals surface area contributed by atoms with Gasteiger partial charge in [0.25, 0.3) is 0 Å². The van der Waals surface area contributed by atoms with E-state index in [4.69, 9.17) is 0 Å².